The third kappa shape index (κ3) is 6.12. The van der Waals surface area contributed by atoms with Gasteiger partial charge < -0.3 is 9.47 Å². The summed E-state index contributed by atoms with van der Waals surface area (Å²) >= 11 is 0. The minimum Gasteiger partial charge on any atom is -0.381 e. The molecule has 0 aromatic rings. The Morgan fingerprint density at radius 3 is 2.52 bits per heavy atom. The van der Waals surface area contributed by atoms with E-state index in [1.54, 1.807) is 0 Å². The van der Waals surface area contributed by atoms with E-state index in [0.717, 1.165) is 25.4 Å². The van der Waals surface area contributed by atoms with Gasteiger partial charge in [-0.3, -0.25) is 0 Å². The second-order valence-electron chi connectivity index (χ2n) is 6.70. The zero-order chi connectivity index (χ0) is 15.7. The van der Waals surface area contributed by atoms with Crippen LogP contribution in [0.5, 0.6) is 0 Å². The molecule has 0 amide bonds. The first-order chi connectivity index (χ1) is 10.2. The first-order valence-electron chi connectivity index (χ1n) is 8.93. The zero-order valence-corrected chi connectivity index (χ0v) is 14.8. The molecule has 5 unspecified atom stereocenters. The van der Waals surface area contributed by atoms with E-state index in [1.165, 1.54) is 25.7 Å². The maximum Gasteiger partial charge on any atom is 0.0642 e. The molecule has 1 saturated carbocycles. The van der Waals surface area contributed by atoms with Crippen LogP contribution in [0, 0.1) is 17.8 Å². The Hall–Kier alpha value is -0.340. The molecule has 0 radical (unpaired) electrons. The van der Waals surface area contributed by atoms with Gasteiger partial charge in [-0.05, 0) is 38.0 Å². The van der Waals surface area contributed by atoms with Crippen molar-refractivity contribution in [1.82, 2.24) is 0 Å². The molecule has 2 nitrogen and oxygen atoms in total. The van der Waals surface area contributed by atoms with Gasteiger partial charge in [-0.1, -0.05) is 52.2 Å². The molecule has 124 valence electrons. The molecular weight excluding hydrogens is 260 g/mol. The van der Waals surface area contributed by atoms with Gasteiger partial charge in [-0.2, -0.15) is 0 Å². The van der Waals surface area contributed by atoms with E-state index in [-0.39, 0.29) is 0 Å². The highest BCUT2D eigenvalue weighted by molar-refractivity contribution is 4.97. The van der Waals surface area contributed by atoms with Crippen LogP contribution in [0.3, 0.4) is 0 Å². The number of allylic oxidation sites excluding steroid dienone is 1. The lowest BCUT2D eigenvalue weighted by molar-refractivity contribution is -0.0743. The van der Waals surface area contributed by atoms with E-state index < -0.39 is 0 Å². The fourth-order valence-corrected chi connectivity index (χ4v) is 3.47. The van der Waals surface area contributed by atoms with Crippen molar-refractivity contribution < 1.29 is 9.47 Å². The van der Waals surface area contributed by atoms with E-state index in [9.17, 15) is 0 Å². The van der Waals surface area contributed by atoms with Crippen molar-refractivity contribution in [1.29, 1.82) is 0 Å². The van der Waals surface area contributed by atoms with Gasteiger partial charge in [0.25, 0.3) is 0 Å². The first-order valence-corrected chi connectivity index (χ1v) is 8.93. The molecule has 0 N–H and O–H groups in total. The van der Waals surface area contributed by atoms with Crippen molar-refractivity contribution >= 4 is 0 Å². The smallest absolute Gasteiger partial charge is 0.0642 e. The summed E-state index contributed by atoms with van der Waals surface area (Å²) in [5, 5.41) is 0. The predicted molar refractivity (Wildman–Crippen MR) is 90.5 cm³/mol. The van der Waals surface area contributed by atoms with E-state index in [4.69, 9.17) is 9.47 Å². The molecule has 21 heavy (non-hydrogen) atoms. The van der Waals surface area contributed by atoms with Crippen LogP contribution in [-0.4, -0.2) is 25.9 Å². The van der Waals surface area contributed by atoms with Crippen molar-refractivity contribution in [3.8, 4) is 0 Å². The lowest BCUT2D eigenvalue weighted by atomic mass is 9.78. The summed E-state index contributed by atoms with van der Waals surface area (Å²) in [5.41, 5.74) is 0. The Labute approximate surface area is 132 Å². The summed E-state index contributed by atoms with van der Waals surface area (Å²) in [7, 11) is 1.84. The van der Waals surface area contributed by atoms with Gasteiger partial charge in [0.15, 0.2) is 0 Å². The first kappa shape index (κ1) is 18.7. The minimum absolute atomic E-state index is 0.373. The third-order valence-electron chi connectivity index (χ3n) is 5.05. The second-order valence-corrected chi connectivity index (χ2v) is 6.70. The van der Waals surface area contributed by atoms with Crippen LogP contribution < -0.4 is 0 Å². The summed E-state index contributed by atoms with van der Waals surface area (Å²) in [6.45, 7) is 9.89. The van der Waals surface area contributed by atoms with Crippen LogP contribution in [0.4, 0.5) is 0 Å². The Morgan fingerprint density at radius 2 is 1.95 bits per heavy atom. The fourth-order valence-electron chi connectivity index (χ4n) is 3.47. The molecule has 0 aromatic carbocycles. The van der Waals surface area contributed by atoms with Crippen LogP contribution in [-0.2, 0) is 9.47 Å². The van der Waals surface area contributed by atoms with Gasteiger partial charge in [0.2, 0.25) is 0 Å². The van der Waals surface area contributed by atoms with E-state index in [0.29, 0.717) is 24.0 Å². The molecule has 1 aliphatic rings. The molecule has 0 saturated heterocycles. The van der Waals surface area contributed by atoms with Crippen molar-refractivity contribution in [2.75, 3.05) is 13.7 Å². The second kappa shape index (κ2) is 10.4. The normalized spacial score (nSPS) is 31.7. The number of rotatable bonds is 9. The van der Waals surface area contributed by atoms with Crippen LogP contribution >= 0.6 is 0 Å². The quantitative estimate of drug-likeness (QED) is 0.543. The molecule has 2 heteroatoms. The largest absolute Gasteiger partial charge is 0.381 e. The number of ether oxygens (including phenoxy) is 2. The van der Waals surface area contributed by atoms with Crippen LogP contribution in [0.2, 0.25) is 0 Å². The highest BCUT2D eigenvalue weighted by atomic mass is 16.5. The number of hydrogen-bond acceptors (Lipinski definition) is 2. The average molecular weight is 296 g/mol. The highest BCUT2D eigenvalue weighted by Crippen LogP contribution is 2.34. The molecule has 0 bridgehead atoms. The molecule has 0 heterocycles. The zero-order valence-electron chi connectivity index (χ0n) is 14.8. The summed E-state index contributed by atoms with van der Waals surface area (Å²) in [6.07, 6.45) is 12.6. The predicted octanol–water partition coefficient (Wildman–Crippen LogP) is 5.23. The Kier molecular flexibility index (Phi) is 9.26. The lowest BCUT2D eigenvalue weighted by Gasteiger charge is -2.38. The Morgan fingerprint density at radius 1 is 1.19 bits per heavy atom. The van der Waals surface area contributed by atoms with Gasteiger partial charge in [0.1, 0.15) is 0 Å². The van der Waals surface area contributed by atoms with Crippen LogP contribution in [0.15, 0.2) is 12.2 Å². The molecule has 0 spiro atoms. The van der Waals surface area contributed by atoms with E-state index in [2.05, 4.69) is 39.8 Å². The van der Waals surface area contributed by atoms with Crippen LogP contribution in [0.25, 0.3) is 0 Å². The minimum atomic E-state index is 0.373. The molecule has 1 fully saturated rings. The number of hydrogen-bond donors (Lipinski definition) is 0. The topological polar surface area (TPSA) is 18.5 Å². The van der Waals surface area contributed by atoms with Crippen molar-refractivity contribution in [3.05, 3.63) is 12.2 Å². The average Bonchev–Trinajstić information content (AvgIpc) is 2.49. The van der Waals surface area contributed by atoms with Crippen molar-refractivity contribution in [2.24, 2.45) is 17.8 Å². The molecule has 0 aromatic heterocycles. The lowest BCUT2D eigenvalue weighted by Crippen LogP contribution is -2.39. The van der Waals surface area contributed by atoms with Gasteiger partial charge in [0.05, 0.1) is 12.2 Å². The van der Waals surface area contributed by atoms with Gasteiger partial charge in [-0.25, -0.2) is 0 Å². The number of unbranched alkanes of at least 4 members (excludes halogenated alkanes) is 1. The van der Waals surface area contributed by atoms with Gasteiger partial charge in [0, 0.05) is 19.6 Å². The summed E-state index contributed by atoms with van der Waals surface area (Å²) in [6, 6.07) is 0. The van der Waals surface area contributed by atoms with Crippen molar-refractivity contribution in [2.45, 2.75) is 78.4 Å². The summed E-state index contributed by atoms with van der Waals surface area (Å²) in [5.74, 6) is 1.84. The highest BCUT2D eigenvalue weighted by Gasteiger charge is 2.34. The maximum atomic E-state index is 6.35. The van der Waals surface area contributed by atoms with Crippen LogP contribution in [0.1, 0.15) is 66.2 Å². The van der Waals surface area contributed by atoms with Gasteiger partial charge >= 0.3 is 0 Å². The SMILES string of the molecule is C/C=C/C1CC(OC)C(C)CC1OCC(CC)CCCC. The molecule has 0 aliphatic heterocycles. The maximum absolute atomic E-state index is 6.35. The Balaban J connectivity index is 2.53. The molecular formula is C19H36O2. The van der Waals surface area contributed by atoms with E-state index >= 15 is 0 Å². The Bertz CT molecular complexity index is 287. The van der Waals surface area contributed by atoms with Gasteiger partial charge in [-0.15, -0.1) is 0 Å². The van der Waals surface area contributed by atoms with Crippen molar-refractivity contribution in [3.63, 3.8) is 0 Å². The fraction of sp³-hybridized carbons (Fsp3) is 0.895. The summed E-state index contributed by atoms with van der Waals surface area (Å²) < 4.78 is 12.0. The standard InChI is InChI=1S/C19H36O2/c1-6-9-11-16(8-3)14-21-19-12-15(4)18(20-5)13-17(19)10-7-2/h7,10,15-19H,6,8-9,11-14H2,1-5H3/b10-7+. The van der Waals surface area contributed by atoms with E-state index in [1.807, 2.05) is 7.11 Å². The molecule has 1 aliphatic carbocycles. The monoisotopic (exact) mass is 296 g/mol. The molecule has 5 atom stereocenters. The summed E-state index contributed by atoms with van der Waals surface area (Å²) in [4.78, 5) is 0. The molecule has 1 rings (SSSR count). The third-order valence-corrected chi connectivity index (χ3v) is 5.05. The number of methoxy groups -OCH3 is 1.